The highest BCUT2D eigenvalue weighted by Crippen LogP contribution is 2.26. The van der Waals surface area contributed by atoms with Crippen molar-refractivity contribution < 1.29 is 14.3 Å². The number of hydrogen-bond donors (Lipinski definition) is 2. The Morgan fingerprint density at radius 1 is 1.32 bits per heavy atom. The average Bonchev–Trinajstić information content (AvgIpc) is 2.86. The molecule has 0 aliphatic rings. The summed E-state index contributed by atoms with van der Waals surface area (Å²) >= 11 is 0. The van der Waals surface area contributed by atoms with Crippen molar-refractivity contribution in [3.05, 3.63) is 47.7 Å². The summed E-state index contributed by atoms with van der Waals surface area (Å²) < 4.78 is 5.69. The van der Waals surface area contributed by atoms with Crippen LogP contribution in [0.25, 0.3) is 11.3 Å². The number of carboxylic acid groups (broad SMARTS) is 1. The van der Waals surface area contributed by atoms with E-state index in [0.717, 1.165) is 12.2 Å². The van der Waals surface area contributed by atoms with E-state index in [1.807, 2.05) is 13.0 Å². The summed E-state index contributed by atoms with van der Waals surface area (Å²) in [5.41, 5.74) is 6.71. The molecule has 4 heteroatoms. The number of benzene rings is 1. The molecule has 1 atom stereocenters. The number of furan rings is 1. The van der Waals surface area contributed by atoms with Crippen LogP contribution in [0, 0.1) is 0 Å². The maximum absolute atomic E-state index is 11.2. The Kier molecular flexibility index (Phi) is 4.02. The molecule has 1 aromatic heterocycles. The van der Waals surface area contributed by atoms with Gasteiger partial charge in [0, 0.05) is 18.0 Å². The van der Waals surface area contributed by atoms with E-state index in [0.29, 0.717) is 17.7 Å². The van der Waals surface area contributed by atoms with E-state index in [2.05, 4.69) is 0 Å². The number of hydrogen-bond acceptors (Lipinski definition) is 3. The molecular formula is C15H17NO3. The van der Waals surface area contributed by atoms with Gasteiger partial charge in [-0.05, 0) is 24.6 Å². The third-order valence-electron chi connectivity index (χ3n) is 3.07. The van der Waals surface area contributed by atoms with Gasteiger partial charge in [-0.2, -0.15) is 0 Å². The van der Waals surface area contributed by atoms with Gasteiger partial charge in [-0.25, -0.2) is 4.79 Å². The minimum Gasteiger partial charge on any atom is -0.478 e. The predicted molar refractivity (Wildman–Crippen MR) is 73.1 cm³/mol. The van der Waals surface area contributed by atoms with Crippen LogP contribution in [-0.4, -0.2) is 17.1 Å². The van der Waals surface area contributed by atoms with Crippen LogP contribution in [0.4, 0.5) is 0 Å². The summed E-state index contributed by atoms with van der Waals surface area (Å²) in [5, 5.41) is 9.16. The lowest BCUT2D eigenvalue weighted by Gasteiger charge is -2.06. The molecule has 100 valence electrons. The monoisotopic (exact) mass is 259 g/mol. The fourth-order valence-electron chi connectivity index (χ4n) is 1.92. The zero-order valence-electron chi connectivity index (χ0n) is 10.8. The van der Waals surface area contributed by atoms with Crippen molar-refractivity contribution in [2.75, 3.05) is 0 Å². The summed E-state index contributed by atoms with van der Waals surface area (Å²) in [6.45, 7) is 2.02. The molecule has 0 radical (unpaired) electrons. The normalized spacial score (nSPS) is 12.3. The lowest BCUT2D eigenvalue weighted by Crippen LogP contribution is -2.20. The molecule has 0 aliphatic heterocycles. The Morgan fingerprint density at radius 2 is 2.05 bits per heavy atom. The van der Waals surface area contributed by atoms with Gasteiger partial charge in [0.05, 0.1) is 5.56 Å². The third kappa shape index (κ3) is 3.03. The van der Waals surface area contributed by atoms with E-state index >= 15 is 0 Å². The predicted octanol–water partition coefficient (Wildman–Crippen LogP) is 2.92. The van der Waals surface area contributed by atoms with Crippen molar-refractivity contribution in [2.45, 2.75) is 25.8 Å². The Hall–Kier alpha value is -2.07. The van der Waals surface area contributed by atoms with Crippen LogP contribution in [0.1, 0.15) is 29.5 Å². The zero-order chi connectivity index (χ0) is 13.8. The molecule has 0 bridgehead atoms. The smallest absolute Gasteiger partial charge is 0.336 e. The van der Waals surface area contributed by atoms with Crippen LogP contribution in [0.3, 0.4) is 0 Å². The molecule has 3 N–H and O–H groups in total. The van der Waals surface area contributed by atoms with Gasteiger partial charge in [-0.1, -0.05) is 25.1 Å². The first-order chi connectivity index (χ1) is 9.11. The minimum atomic E-state index is -0.959. The molecule has 0 amide bonds. The van der Waals surface area contributed by atoms with Crippen LogP contribution in [-0.2, 0) is 6.42 Å². The van der Waals surface area contributed by atoms with Crippen molar-refractivity contribution in [1.29, 1.82) is 0 Å². The number of carboxylic acids is 1. The maximum Gasteiger partial charge on any atom is 0.336 e. The van der Waals surface area contributed by atoms with Crippen molar-refractivity contribution >= 4 is 5.97 Å². The van der Waals surface area contributed by atoms with E-state index in [9.17, 15) is 4.79 Å². The van der Waals surface area contributed by atoms with Crippen LogP contribution >= 0.6 is 0 Å². The summed E-state index contributed by atoms with van der Waals surface area (Å²) in [7, 11) is 0. The van der Waals surface area contributed by atoms with E-state index < -0.39 is 5.97 Å². The molecule has 2 aromatic rings. The Labute approximate surface area is 111 Å². The van der Waals surface area contributed by atoms with Crippen molar-refractivity contribution in [1.82, 2.24) is 0 Å². The second kappa shape index (κ2) is 5.71. The average molecular weight is 259 g/mol. The SMILES string of the molecule is CCC(N)Cc1ccc(-c2ccccc2C(=O)O)o1. The van der Waals surface area contributed by atoms with Gasteiger partial charge in [0.25, 0.3) is 0 Å². The zero-order valence-corrected chi connectivity index (χ0v) is 10.8. The lowest BCUT2D eigenvalue weighted by molar-refractivity contribution is 0.0697. The summed E-state index contributed by atoms with van der Waals surface area (Å²) in [6.07, 6.45) is 1.54. The molecule has 0 spiro atoms. The fraction of sp³-hybridized carbons (Fsp3) is 0.267. The largest absolute Gasteiger partial charge is 0.478 e. The number of nitrogens with two attached hydrogens (primary N) is 1. The first-order valence-electron chi connectivity index (χ1n) is 6.28. The van der Waals surface area contributed by atoms with E-state index in [1.165, 1.54) is 0 Å². The van der Waals surface area contributed by atoms with Gasteiger partial charge >= 0.3 is 5.97 Å². The second-order valence-electron chi connectivity index (χ2n) is 4.49. The Balaban J connectivity index is 2.30. The van der Waals surface area contributed by atoms with E-state index in [4.69, 9.17) is 15.3 Å². The molecular weight excluding hydrogens is 242 g/mol. The molecule has 1 aromatic carbocycles. The Morgan fingerprint density at radius 3 is 2.74 bits per heavy atom. The quantitative estimate of drug-likeness (QED) is 0.865. The van der Waals surface area contributed by atoms with Gasteiger partial charge < -0.3 is 15.3 Å². The Bertz CT molecular complexity index is 574. The summed E-state index contributed by atoms with van der Waals surface area (Å²) in [4.78, 5) is 11.2. The van der Waals surface area contributed by atoms with Gasteiger partial charge in [0.15, 0.2) is 0 Å². The van der Waals surface area contributed by atoms with Crippen molar-refractivity contribution in [3.8, 4) is 11.3 Å². The van der Waals surface area contributed by atoms with E-state index in [-0.39, 0.29) is 11.6 Å². The summed E-state index contributed by atoms with van der Waals surface area (Å²) in [6, 6.07) is 10.5. The topological polar surface area (TPSA) is 76.5 Å². The summed E-state index contributed by atoms with van der Waals surface area (Å²) in [5.74, 6) is 0.389. The van der Waals surface area contributed by atoms with Gasteiger partial charge in [0.2, 0.25) is 0 Å². The first-order valence-corrected chi connectivity index (χ1v) is 6.28. The van der Waals surface area contributed by atoms with Crippen LogP contribution in [0.15, 0.2) is 40.8 Å². The highest BCUT2D eigenvalue weighted by molar-refractivity contribution is 5.95. The molecule has 1 heterocycles. The molecule has 0 saturated carbocycles. The number of aromatic carboxylic acids is 1. The molecule has 0 saturated heterocycles. The molecule has 4 nitrogen and oxygen atoms in total. The van der Waals surface area contributed by atoms with Crippen LogP contribution < -0.4 is 5.73 Å². The van der Waals surface area contributed by atoms with Gasteiger partial charge in [-0.15, -0.1) is 0 Å². The van der Waals surface area contributed by atoms with Gasteiger partial charge in [0.1, 0.15) is 11.5 Å². The highest BCUT2D eigenvalue weighted by Gasteiger charge is 2.14. The third-order valence-corrected chi connectivity index (χ3v) is 3.07. The number of rotatable bonds is 5. The maximum atomic E-state index is 11.2. The van der Waals surface area contributed by atoms with Crippen LogP contribution in [0.5, 0.6) is 0 Å². The van der Waals surface area contributed by atoms with Crippen molar-refractivity contribution in [3.63, 3.8) is 0 Å². The molecule has 0 aliphatic carbocycles. The van der Waals surface area contributed by atoms with E-state index in [1.54, 1.807) is 30.3 Å². The first kappa shape index (κ1) is 13.4. The second-order valence-corrected chi connectivity index (χ2v) is 4.49. The molecule has 19 heavy (non-hydrogen) atoms. The molecule has 2 rings (SSSR count). The highest BCUT2D eigenvalue weighted by atomic mass is 16.4. The number of carbonyl (C=O) groups is 1. The molecule has 1 unspecified atom stereocenters. The molecule has 0 fully saturated rings. The van der Waals surface area contributed by atoms with Crippen molar-refractivity contribution in [2.24, 2.45) is 5.73 Å². The fourth-order valence-corrected chi connectivity index (χ4v) is 1.92. The standard InChI is InChI=1S/C15H17NO3/c1-2-10(16)9-11-7-8-14(19-11)12-5-3-4-6-13(12)15(17)18/h3-8,10H,2,9,16H2,1H3,(H,17,18). The lowest BCUT2D eigenvalue weighted by atomic mass is 10.1. The minimum absolute atomic E-state index is 0.0636. The van der Waals surface area contributed by atoms with Gasteiger partial charge in [-0.3, -0.25) is 0 Å². The van der Waals surface area contributed by atoms with Crippen LogP contribution in [0.2, 0.25) is 0 Å².